The third-order valence-corrected chi connectivity index (χ3v) is 7.49. The van der Waals surface area contributed by atoms with Crippen LogP contribution < -0.4 is 4.90 Å². The quantitative estimate of drug-likeness (QED) is 0.300. The summed E-state index contributed by atoms with van der Waals surface area (Å²) in [4.78, 5) is 53.3. The van der Waals surface area contributed by atoms with Gasteiger partial charge in [-0.25, -0.2) is 19.2 Å². The number of hydrogen-bond donors (Lipinski definition) is 0. The molecule has 2 fully saturated rings. The van der Waals surface area contributed by atoms with E-state index in [1.165, 1.54) is 23.9 Å². The Morgan fingerprint density at radius 2 is 1.79 bits per heavy atom. The summed E-state index contributed by atoms with van der Waals surface area (Å²) in [6, 6.07) is 7.45. The number of carbonyl (C=O) groups is 3. The fourth-order valence-electron chi connectivity index (χ4n) is 4.44. The largest absolute Gasteiger partial charge is 0.450 e. The van der Waals surface area contributed by atoms with Gasteiger partial charge in [0.1, 0.15) is 16.8 Å². The zero-order chi connectivity index (χ0) is 27.2. The van der Waals surface area contributed by atoms with Crippen molar-refractivity contribution >= 4 is 47.1 Å². The number of anilines is 1. The van der Waals surface area contributed by atoms with Gasteiger partial charge in [0.25, 0.3) is 5.91 Å². The number of thioether (sulfide) groups is 1. The van der Waals surface area contributed by atoms with Crippen LogP contribution in [0.1, 0.15) is 24.2 Å². The summed E-state index contributed by atoms with van der Waals surface area (Å²) in [5.74, 6) is -0.202. The molecule has 2 aromatic rings. The van der Waals surface area contributed by atoms with Crippen LogP contribution in [0.25, 0.3) is 0 Å². The molecule has 2 saturated heterocycles. The second kappa shape index (κ2) is 12.6. The Bertz CT molecular complexity index is 1180. The molecule has 0 bridgehead atoms. The zero-order valence-corrected chi connectivity index (χ0v) is 22.9. The monoisotopic (exact) mass is 564 g/mol. The van der Waals surface area contributed by atoms with Gasteiger partial charge in [0.2, 0.25) is 5.91 Å². The fourth-order valence-corrected chi connectivity index (χ4v) is 5.42. The summed E-state index contributed by atoms with van der Waals surface area (Å²) >= 11 is 7.47. The van der Waals surface area contributed by atoms with E-state index in [1.807, 2.05) is 11.8 Å². The first kappa shape index (κ1) is 27.9. The van der Waals surface area contributed by atoms with Crippen molar-refractivity contribution in [1.82, 2.24) is 24.7 Å². The number of hydrogen-bond acceptors (Lipinski definition) is 8. The first-order valence-corrected chi connectivity index (χ1v) is 13.8. The molecule has 1 atom stereocenters. The zero-order valence-electron chi connectivity index (χ0n) is 21.3. The van der Waals surface area contributed by atoms with Gasteiger partial charge in [-0.1, -0.05) is 35.5 Å². The molecule has 3 amide bonds. The molecule has 2 aliphatic rings. The van der Waals surface area contributed by atoms with Crippen LogP contribution in [0.4, 0.5) is 15.0 Å². The van der Waals surface area contributed by atoms with Gasteiger partial charge in [0.15, 0.2) is 5.16 Å². The summed E-state index contributed by atoms with van der Waals surface area (Å²) in [6.07, 6.45) is -0.361. The third kappa shape index (κ3) is 6.65. The van der Waals surface area contributed by atoms with E-state index in [0.717, 1.165) is 0 Å². The maximum atomic E-state index is 14.1. The molecule has 4 rings (SSSR count). The smallest absolute Gasteiger partial charge is 0.409 e. The van der Waals surface area contributed by atoms with Gasteiger partial charge in [-0.15, -0.1) is 0 Å². The Labute approximate surface area is 230 Å². The molecule has 13 heteroatoms. The highest BCUT2D eigenvalue weighted by Gasteiger charge is 2.30. The van der Waals surface area contributed by atoms with Crippen molar-refractivity contribution in [3.8, 4) is 0 Å². The summed E-state index contributed by atoms with van der Waals surface area (Å²) < 4.78 is 19.2. The molecule has 38 heavy (non-hydrogen) atoms. The molecule has 10 nitrogen and oxygen atoms in total. The molecule has 204 valence electrons. The van der Waals surface area contributed by atoms with Crippen LogP contribution in [-0.2, 0) is 9.53 Å². The van der Waals surface area contributed by atoms with Crippen LogP contribution in [0.3, 0.4) is 0 Å². The lowest BCUT2D eigenvalue weighted by Gasteiger charge is -2.40. The molecule has 0 aliphatic carbocycles. The van der Waals surface area contributed by atoms with Gasteiger partial charge in [-0.05, 0) is 26.0 Å². The topological polar surface area (TPSA) is 99.2 Å². The van der Waals surface area contributed by atoms with E-state index in [2.05, 4.69) is 9.97 Å². The van der Waals surface area contributed by atoms with Crippen molar-refractivity contribution in [3.63, 3.8) is 0 Å². The lowest BCUT2D eigenvalue weighted by atomic mass is 10.1. The van der Waals surface area contributed by atoms with Crippen LogP contribution in [0.2, 0.25) is 5.15 Å². The van der Waals surface area contributed by atoms with Crippen molar-refractivity contribution in [3.05, 3.63) is 46.9 Å². The Kier molecular flexibility index (Phi) is 9.26. The standard InChI is InChI=1S/C25H30ClFN6O4S/c1-3-37-25(36)31-10-8-30(9-11-31)22(34)16-38-24-28-20(26)14-21(29-24)32-12-13-33(17(2)15-32)23(35)18-6-4-5-7-19(18)27/h4-7,14,17H,3,8-13,15-16H2,1-2H3. The van der Waals surface area contributed by atoms with Gasteiger partial charge in [-0.2, -0.15) is 0 Å². The van der Waals surface area contributed by atoms with Crippen molar-refractivity contribution in [2.24, 2.45) is 0 Å². The molecule has 1 unspecified atom stereocenters. The van der Waals surface area contributed by atoms with E-state index >= 15 is 0 Å². The second-order valence-corrected chi connectivity index (χ2v) is 10.3. The minimum atomic E-state index is -0.535. The van der Waals surface area contributed by atoms with Crippen LogP contribution in [0.5, 0.6) is 0 Å². The van der Waals surface area contributed by atoms with E-state index in [1.54, 1.807) is 39.8 Å². The number of aromatic nitrogens is 2. The summed E-state index contributed by atoms with van der Waals surface area (Å²) in [5.41, 5.74) is 0.0588. The molecule has 0 spiro atoms. The maximum Gasteiger partial charge on any atom is 0.409 e. The first-order valence-electron chi connectivity index (χ1n) is 12.4. The molecule has 1 aromatic heterocycles. The highest BCUT2D eigenvalue weighted by atomic mass is 35.5. The Morgan fingerprint density at radius 3 is 2.47 bits per heavy atom. The number of halogens is 2. The number of amides is 3. The van der Waals surface area contributed by atoms with Crippen molar-refractivity contribution in [1.29, 1.82) is 0 Å². The molecular weight excluding hydrogens is 535 g/mol. The van der Waals surface area contributed by atoms with Crippen molar-refractivity contribution in [2.75, 3.05) is 63.1 Å². The lowest BCUT2D eigenvalue weighted by Crippen LogP contribution is -2.54. The van der Waals surface area contributed by atoms with Crippen LogP contribution in [-0.4, -0.2) is 107 Å². The second-order valence-electron chi connectivity index (χ2n) is 8.96. The molecule has 1 aromatic carbocycles. The normalized spacial score (nSPS) is 17.9. The average Bonchev–Trinajstić information content (AvgIpc) is 2.91. The lowest BCUT2D eigenvalue weighted by molar-refractivity contribution is -0.129. The van der Waals surface area contributed by atoms with E-state index < -0.39 is 5.82 Å². The van der Waals surface area contributed by atoms with Crippen molar-refractivity contribution < 1.29 is 23.5 Å². The molecule has 3 heterocycles. The minimum absolute atomic E-state index is 0.0588. The van der Waals surface area contributed by atoms with Gasteiger partial charge < -0.3 is 24.3 Å². The molecule has 0 N–H and O–H groups in total. The van der Waals surface area contributed by atoms with Gasteiger partial charge >= 0.3 is 6.09 Å². The molecule has 2 aliphatic heterocycles. The van der Waals surface area contributed by atoms with Crippen LogP contribution >= 0.6 is 23.4 Å². The van der Waals surface area contributed by atoms with Gasteiger partial charge in [-0.3, -0.25) is 9.59 Å². The molecule has 0 saturated carbocycles. The number of piperazine rings is 2. The minimum Gasteiger partial charge on any atom is -0.450 e. The van der Waals surface area contributed by atoms with Crippen molar-refractivity contribution in [2.45, 2.75) is 25.0 Å². The first-order chi connectivity index (χ1) is 18.3. The predicted molar refractivity (Wildman–Crippen MR) is 142 cm³/mol. The van der Waals surface area contributed by atoms with Crippen LogP contribution in [0.15, 0.2) is 35.5 Å². The highest BCUT2D eigenvalue weighted by molar-refractivity contribution is 7.99. The number of ether oxygens (including phenoxy) is 1. The highest BCUT2D eigenvalue weighted by Crippen LogP contribution is 2.25. The maximum absolute atomic E-state index is 14.1. The Hall–Kier alpha value is -3.12. The summed E-state index contributed by atoms with van der Waals surface area (Å²) in [5, 5.41) is 0.633. The summed E-state index contributed by atoms with van der Waals surface area (Å²) in [7, 11) is 0. The number of nitrogens with zero attached hydrogens (tertiary/aromatic N) is 6. The van der Waals surface area contributed by atoms with Gasteiger partial charge in [0.05, 0.1) is 17.9 Å². The summed E-state index contributed by atoms with van der Waals surface area (Å²) in [6.45, 7) is 7.09. The third-order valence-electron chi connectivity index (χ3n) is 6.46. The average molecular weight is 565 g/mol. The fraction of sp³-hybridized carbons (Fsp3) is 0.480. The van der Waals surface area contributed by atoms with E-state index in [9.17, 15) is 18.8 Å². The molecule has 0 radical (unpaired) electrons. The van der Waals surface area contributed by atoms with E-state index in [-0.39, 0.29) is 40.4 Å². The van der Waals surface area contributed by atoms with E-state index in [0.29, 0.717) is 63.4 Å². The van der Waals surface area contributed by atoms with Gasteiger partial charge in [0, 0.05) is 57.9 Å². The number of carbonyl (C=O) groups excluding carboxylic acids is 3. The molecular formula is C25H30ClFN6O4S. The number of benzene rings is 1. The predicted octanol–water partition coefficient (Wildman–Crippen LogP) is 3.01. The van der Waals surface area contributed by atoms with E-state index in [4.69, 9.17) is 16.3 Å². The van der Waals surface area contributed by atoms with Crippen LogP contribution in [0, 0.1) is 5.82 Å². The number of rotatable bonds is 6. The SMILES string of the molecule is CCOC(=O)N1CCN(C(=O)CSc2nc(Cl)cc(N3CCN(C(=O)c4ccccc4F)C(C)C3)n2)CC1. The Balaban J connectivity index is 1.32. The Morgan fingerprint density at radius 1 is 1.08 bits per heavy atom.